The predicted octanol–water partition coefficient (Wildman–Crippen LogP) is 2.30. The number of ether oxygens (including phenoxy) is 1. The number of hydrogen-bond acceptors (Lipinski definition) is 3. The fraction of sp³-hybridized carbons (Fsp3) is 0.500. The second-order valence-corrected chi connectivity index (χ2v) is 5.70. The number of piperidine rings is 1. The first-order chi connectivity index (χ1) is 9.11. The van der Waals surface area contributed by atoms with Crippen LogP contribution in [0.3, 0.4) is 0 Å². The standard InChI is InChI=1S/C14H19BrN2O2/c1-19-11-5-6-12(15)10(8-11)9-17-7-3-2-4-13(17)14(16)18/h5-6,8,13H,2-4,7,9H2,1H3,(H2,16,18). The third-order valence-corrected chi connectivity index (χ3v) is 4.34. The lowest BCUT2D eigenvalue weighted by atomic mass is 10.0. The van der Waals surface area contributed by atoms with Crippen LogP contribution in [0.25, 0.3) is 0 Å². The van der Waals surface area contributed by atoms with Crippen LogP contribution in [0, 0.1) is 0 Å². The largest absolute Gasteiger partial charge is 0.497 e. The van der Waals surface area contributed by atoms with Gasteiger partial charge in [0.2, 0.25) is 5.91 Å². The van der Waals surface area contributed by atoms with E-state index in [1.165, 1.54) is 0 Å². The Morgan fingerprint density at radius 3 is 3.00 bits per heavy atom. The first kappa shape index (κ1) is 14.3. The smallest absolute Gasteiger partial charge is 0.234 e. The van der Waals surface area contributed by atoms with Crippen LogP contribution in [0.15, 0.2) is 22.7 Å². The molecule has 1 unspecified atom stereocenters. The van der Waals surface area contributed by atoms with Gasteiger partial charge in [0.25, 0.3) is 0 Å². The molecule has 1 aliphatic rings. The molecule has 1 aromatic rings. The highest BCUT2D eigenvalue weighted by Gasteiger charge is 2.27. The number of amides is 1. The van der Waals surface area contributed by atoms with E-state index in [-0.39, 0.29) is 11.9 Å². The summed E-state index contributed by atoms with van der Waals surface area (Å²) in [7, 11) is 1.65. The lowest BCUT2D eigenvalue weighted by Gasteiger charge is -2.33. The highest BCUT2D eigenvalue weighted by molar-refractivity contribution is 9.10. The van der Waals surface area contributed by atoms with Crippen molar-refractivity contribution in [2.45, 2.75) is 31.8 Å². The number of nitrogens with zero attached hydrogens (tertiary/aromatic N) is 1. The number of carbonyl (C=O) groups excluding carboxylic acids is 1. The van der Waals surface area contributed by atoms with Gasteiger partial charge in [-0.2, -0.15) is 0 Å². The van der Waals surface area contributed by atoms with Crippen LogP contribution in [0.1, 0.15) is 24.8 Å². The first-order valence-corrected chi connectivity index (χ1v) is 7.27. The van der Waals surface area contributed by atoms with Crippen molar-refractivity contribution < 1.29 is 9.53 Å². The van der Waals surface area contributed by atoms with E-state index in [0.717, 1.165) is 41.6 Å². The Morgan fingerprint density at radius 2 is 2.32 bits per heavy atom. The summed E-state index contributed by atoms with van der Waals surface area (Å²) in [6.45, 7) is 1.63. The van der Waals surface area contributed by atoms with Crippen molar-refractivity contribution >= 4 is 21.8 Å². The molecular formula is C14H19BrN2O2. The average Bonchev–Trinajstić information content (AvgIpc) is 2.41. The van der Waals surface area contributed by atoms with Crippen LogP contribution < -0.4 is 10.5 Å². The minimum Gasteiger partial charge on any atom is -0.497 e. The van der Waals surface area contributed by atoms with Gasteiger partial charge in [-0.15, -0.1) is 0 Å². The Labute approximate surface area is 122 Å². The molecule has 1 fully saturated rings. The lowest BCUT2D eigenvalue weighted by Crippen LogP contribution is -2.47. The highest BCUT2D eigenvalue weighted by atomic mass is 79.9. The fourth-order valence-corrected chi connectivity index (χ4v) is 2.89. The second-order valence-electron chi connectivity index (χ2n) is 4.84. The number of likely N-dealkylation sites (tertiary alicyclic amines) is 1. The van der Waals surface area contributed by atoms with Crippen LogP contribution in [-0.4, -0.2) is 30.5 Å². The maximum atomic E-state index is 11.5. The van der Waals surface area contributed by atoms with Gasteiger partial charge in [-0.25, -0.2) is 0 Å². The third kappa shape index (κ3) is 3.48. The number of hydrogen-bond donors (Lipinski definition) is 1. The Hall–Kier alpha value is -1.07. The predicted molar refractivity (Wildman–Crippen MR) is 77.9 cm³/mol. The van der Waals surface area contributed by atoms with Gasteiger partial charge in [-0.05, 0) is 43.1 Å². The van der Waals surface area contributed by atoms with Gasteiger partial charge >= 0.3 is 0 Å². The number of rotatable bonds is 4. The first-order valence-electron chi connectivity index (χ1n) is 6.47. The molecule has 19 heavy (non-hydrogen) atoms. The van der Waals surface area contributed by atoms with Crippen molar-refractivity contribution in [3.63, 3.8) is 0 Å². The Kier molecular flexibility index (Phi) is 4.82. The van der Waals surface area contributed by atoms with Crippen LogP contribution in [-0.2, 0) is 11.3 Å². The molecule has 1 atom stereocenters. The van der Waals surface area contributed by atoms with Gasteiger partial charge < -0.3 is 10.5 Å². The monoisotopic (exact) mass is 326 g/mol. The molecule has 0 radical (unpaired) electrons. The van der Waals surface area contributed by atoms with E-state index >= 15 is 0 Å². The molecule has 4 nitrogen and oxygen atoms in total. The fourth-order valence-electron chi connectivity index (χ4n) is 2.52. The van der Waals surface area contributed by atoms with E-state index in [2.05, 4.69) is 20.8 Å². The Bertz CT molecular complexity index is 465. The van der Waals surface area contributed by atoms with Gasteiger partial charge in [-0.3, -0.25) is 9.69 Å². The average molecular weight is 327 g/mol. The van der Waals surface area contributed by atoms with Gasteiger partial charge in [0.1, 0.15) is 5.75 Å². The number of nitrogens with two attached hydrogens (primary N) is 1. The molecule has 5 heteroatoms. The van der Waals surface area contributed by atoms with Crippen molar-refractivity contribution in [1.82, 2.24) is 4.90 Å². The van der Waals surface area contributed by atoms with Crippen molar-refractivity contribution in [1.29, 1.82) is 0 Å². The normalized spacial score (nSPS) is 20.2. The summed E-state index contributed by atoms with van der Waals surface area (Å²) in [4.78, 5) is 13.7. The Balaban J connectivity index is 2.16. The zero-order chi connectivity index (χ0) is 13.8. The van der Waals surface area contributed by atoms with Crippen LogP contribution in [0.5, 0.6) is 5.75 Å². The van der Waals surface area contributed by atoms with Gasteiger partial charge in [0.15, 0.2) is 0 Å². The topological polar surface area (TPSA) is 55.6 Å². The van der Waals surface area contributed by atoms with Crippen molar-refractivity contribution in [3.05, 3.63) is 28.2 Å². The SMILES string of the molecule is COc1ccc(Br)c(CN2CCCCC2C(N)=O)c1. The van der Waals surface area contributed by atoms with Crippen LogP contribution in [0.4, 0.5) is 0 Å². The summed E-state index contributed by atoms with van der Waals surface area (Å²) >= 11 is 3.55. The lowest BCUT2D eigenvalue weighted by molar-refractivity contribution is -0.124. The van der Waals surface area contributed by atoms with E-state index in [4.69, 9.17) is 10.5 Å². The van der Waals surface area contributed by atoms with Crippen molar-refractivity contribution in [3.8, 4) is 5.75 Å². The third-order valence-electron chi connectivity index (χ3n) is 3.57. The zero-order valence-electron chi connectivity index (χ0n) is 11.1. The maximum absolute atomic E-state index is 11.5. The second kappa shape index (κ2) is 6.39. The summed E-state index contributed by atoms with van der Waals surface area (Å²) in [5.41, 5.74) is 6.61. The number of primary amides is 1. The molecule has 0 aromatic heterocycles. The minimum atomic E-state index is -0.223. The molecule has 0 bridgehead atoms. The quantitative estimate of drug-likeness (QED) is 0.923. The molecule has 1 heterocycles. The molecule has 2 rings (SSSR count). The van der Waals surface area contributed by atoms with Crippen LogP contribution in [0.2, 0.25) is 0 Å². The number of benzene rings is 1. The molecular weight excluding hydrogens is 308 g/mol. The van der Waals surface area contributed by atoms with E-state index in [0.29, 0.717) is 6.54 Å². The Morgan fingerprint density at radius 1 is 1.53 bits per heavy atom. The summed E-state index contributed by atoms with van der Waals surface area (Å²) in [6, 6.07) is 5.73. The van der Waals surface area contributed by atoms with E-state index in [1.54, 1.807) is 7.11 Å². The molecule has 0 saturated carbocycles. The van der Waals surface area contributed by atoms with Crippen molar-refractivity contribution in [2.75, 3.05) is 13.7 Å². The molecule has 0 spiro atoms. The van der Waals surface area contributed by atoms with E-state index in [1.807, 2.05) is 18.2 Å². The molecule has 2 N–H and O–H groups in total. The van der Waals surface area contributed by atoms with E-state index < -0.39 is 0 Å². The molecule has 0 aliphatic carbocycles. The van der Waals surface area contributed by atoms with Gasteiger partial charge in [-0.1, -0.05) is 22.4 Å². The van der Waals surface area contributed by atoms with Gasteiger partial charge in [0.05, 0.1) is 13.2 Å². The summed E-state index contributed by atoms with van der Waals surface area (Å²) in [5.74, 6) is 0.601. The number of carbonyl (C=O) groups is 1. The minimum absolute atomic E-state index is 0.146. The van der Waals surface area contributed by atoms with Gasteiger partial charge in [0, 0.05) is 11.0 Å². The maximum Gasteiger partial charge on any atom is 0.234 e. The molecule has 1 saturated heterocycles. The molecule has 104 valence electrons. The summed E-state index contributed by atoms with van der Waals surface area (Å²) in [6.07, 6.45) is 3.05. The zero-order valence-corrected chi connectivity index (χ0v) is 12.6. The van der Waals surface area contributed by atoms with Crippen LogP contribution >= 0.6 is 15.9 Å². The molecule has 1 aliphatic heterocycles. The van der Waals surface area contributed by atoms with Crippen molar-refractivity contribution in [2.24, 2.45) is 5.73 Å². The molecule has 1 amide bonds. The summed E-state index contributed by atoms with van der Waals surface area (Å²) in [5, 5.41) is 0. The number of methoxy groups -OCH3 is 1. The number of halogens is 1. The molecule has 1 aromatic carbocycles. The highest BCUT2D eigenvalue weighted by Crippen LogP contribution is 2.26. The van der Waals surface area contributed by atoms with E-state index in [9.17, 15) is 4.79 Å². The summed E-state index contributed by atoms with van der Waals surface area (Å²) < 4.78 is 6.27.